The van der Waals surface area contributed by atoms with Gasteiger partial charge in [-0.15, -0.1) is 0 Å². The SMILES string of the molecule is CCCCCOc1cccc(C(=O)Nc2cc(C)nn2-c2nc3c(F)cccc3s2)c1. The highest BCUT2D eigenvalue weighted by atomic mass is 32.1. The van der Waals surface area contributed by atoms with Crippen LogP contribution in [0.1, 0.15) is 42.2 Å². The van der Waals surface area contributed by atoms with E-state index in [1.54, 1.807) is 36.4 Å². The number of amides is 1. The number of anilines is 1. The van der Waals surface area contributed by atoms with Crippen LogP contribution >= 0.6 is 11.3 Å². The second kappa shape index (κ2) is 9.26. The van der Waals surface area contributed by atoms with Gasteiger partial charge in [-0.1, -0.05) is 43.2 Å². The summed E-state index contributed by atoms with van der Waals surface area (Å²) in [6.45, 7) is 4.59. The number of ether oxygens (including phenoxy) is 1. The number of aryl methyl sites for hydroxylation is 1. The molecule has 1 N–H and O–H groups in total. The number of fused-ring (bicyclic) bond motifs is 1. The van der Waals surface area contributed by atoms with Crippen molar-refractivity contribution in [3.8, 4) is 10.9 Å². The highest BCUT2D eigenvalue weighted by Gasteiger charge is 2.17. The third kappa shape index (κ3) is 4.74. The van der Waals surface area contributed by atoms with E-state index in [0.29, 0.717) is 44.8 Å². The molecule has 0 aliphatic heterocycles. The van der Waals surface area contributed by atoms with E-state index in [0.717, 1.165) is 19.3 Å². The van der Waals surface area contributed by atoms with E-state index < -0.39 is 0 Å². The number of rotatable bonds is 8. The van der Waals surface area contributed by atoms with Gasteiger partial charge in [-0.25, -0.2) is 9.37 Å². The van der Waals surface area contributed by atoms with Gasteiger partial charge in [0, 0.05) is 11.6 Å². The molecule has 2 aromatic carbocycles. The maximum Gasteiger partial charge on any atom is 0.256 e. The highest BCUT2D eigenvalue weighted by molar-refractivity contribution is 7.20. The van der Waals surface area contributed by atoms with Crippen molar-refractivity contribution in [2.24, 2.45) is 0 Å². The number of benzene rings is 2. The van der Waals surface area contributed by atoms with Gasteiger partial charge < -0.3 is 10.1 Å². The first-order valence-corrected chi connectivity index (χ1v) is 11.0. The maximum absolute atomic E-state index is 14.1. The zero-order valence-electron chi connectivity index (χ0n) is 17.4. The number of aromatic nitrogens is 3. The van der Waals surface area contributed by atoms with Crippen molar-refractivity contribution >= 4 is 33.3 Å². The zero-order valence-corrected chi connectivity index (χ0v) is 18.2. The molecule has 0 saturated carbocycles. The monoisotopic (exact) mass is 438 g/mol. The van der Waals surface area contributed by atoms with Crippen LogP contribution in [0.5, 0.6) is 5.75 Å². The van der Waals surface area contributed by atoms with Crippen LogP contribution in [-0.4, -0.2) is 27.3 Å². The van der Waals surface area contributed by atoms with Gasteiger partial charge in [0.05, 0.1) is 17.0 Å². The highest BCUT2D eigenvalue weighted by Crippen LogP contribution is 2.29. The fraction of sp³-hybridized carbons (Fsp3) is 0.261. The molecule has 8 heteroatoms. The van der Waals surface area contributed by atoms with Crippen LogP contribution in [0.15, 0.2) is 48.5 Å². The first kappa shape index (κ1) is 21.0. The molecule has 4 aromatic rings. The van der Waals surface area contributed by atoms with Gasteiger partial charge in [0.2, 0.25) is 5.13 Å². The Labute approximate surface area is 183 Å². The van der Waals surface area contributed by atoms with Crippen LogP contribution in [0.3, 0.4) is 0 Å². The van der Waals surface area contributed by atoms with E-state index in [9.17, 15) is 9.18 Å². The molecule has 6 nitrogen and oxygen atoms in total. The van der Waals surface area contributed by atoms with Gasteiger partial charge in [0.15, 0.2) is 0 Å². The average Bonchev–Trinajstić information content (AvgIpc) is 3.35. The van der Waals surface area contributed by atoms with Crippen LogP contribution < -0.4 is 10.1 Å². The summed E-state index contributed by atoms with van der Waals surface area (Å²) in [7, 11) is 0. The van der Waals surface area contributed by atoms with Gasteiger partial charge in [-0.05, 0) is 43.7 Å². The van der Waals surface area contributed by atoms with Gasteiger partial charge >= 0.3 is 0 Å². The maximum atomic E-state index is 14.1. The molecule has 0 unspecified atom stereocenters. The Balaban J connectivity index is 1.55. The number of nitrogens with zero attached hydrogens (tertiary/aromatic N) is 3. The van der Waals surface area contributed by atoms with E-state index in [-0.39, 0.29) is 11.7 Å². The average molecular weight is 439 g/mol. The topological polar surface area (TPSA) is 69.0 Å². The molecule has 0 aliphatic rings. The summed E-state index contributed by atoms with van der Waals surface area (Å²) in [6, 6.07) is 13.7. The van der Waals surface area contributed by atoms with Crippen molar-refractivity contribution in [1.82, 2.24) is 14.8 Å². The van der Waals surface area contributed by atoms with E-state index >= 15 is 0 Å². The first-order valence-electron chi connectivity index (χ1n) is 10.2. The van der Waals surface area contributed by atoms with Crippen LogP contribution in [0.25, 0.3) is 15.3 Å². The zero-order chi connectivity index (χ0) is 21.8. The molecular weight excluding hydrogens is 415 g/mol. The number of halogens is 1. The minimum absolute atomic E-state index is 0.285. The fourth-order valence-corrected chi connectivity index (χ4v) is 4.13. The second-order valence-corrected chi connectivity index (χ2v) is 8.21. The molecule has 0 fully saturated rings. The summed E-state index contributed by atoms with van der Waals surface area (Å²) in [6.07, 6.45) is 3.22. The first-order chi connectivity index (χ1) is 15.0. The summed E-state index contributed by atoms with van der Waals surface area (Å²) >= 11 is 1.31. The lowest BCUT2D eigenvalue weighted by molar-refractivity contribution is 0.102. The Bertz CT molecular complexity index is 1220. The van der Waals surface area contributed by atoms with Crippen LogP contribution in [0, 0.1) is 12.7 Å². The van der Waals surface area contributed by atoms with Crippen LogP contribution in [0.4, 0.5) is 10.2 Å². The number of hydrogen-bond acceptors (Lipinski definition) is 5. The number of thiazole rings is 1. The molecule has 160 valence electrons. The van der Waals surface area contributed by atoms with E-state index in [1.807, 2.05) is 13.0 Å². The second-order valence-electron chi connectivity index (χ2n) is 7.20. The quantitative estimate of drug-likeness (QED) is 0.356. The van der Waals surface area contributed by atoms with E-state index in [2.05, 4.69) is 22.3 Å². The smallest absolute Gasteiger partial charge is 0.256 e. The van der Waals surface area contributed by atoms with Crippen molar-refractivity contribution in [3.05, 3.63) is 65.6 Å². The van der Waals surface area contributed by atoms with Crippen molar-refractivity contribution in [3.63, 3.8) is 0 Å². The third-order valence-corrected chi connectivity index (χ3v) is 5.72. The van der Waals surface area contributed by atoms with Crippen molar-refractivity contribution in [1.29, 1.82) is 0 Å². The lowest BCUT2D eigenvalue weighted by Gasteiger charge is -2.09. The van der Waals surface area contributed by atoms with Crippen LogP contribution in [0.2, 0.25) is 0 Å². The third-order valence-electron chi connectivity index (χ3n) is 4.73. The molecule has 31 heavy (non-hydrogen) atoms. The largest absolute Gasteiger partial charge is 0.494 e. The number of carbonyl (C=O) groups excluding carboxylic acids is 1. The summed E-state index contributed by atoms with van der Waals surface area (Å²) in [5, 5.41) is 7.80. The normalized spacial score (nSPS) is 11.1. The van der Waals surface area contributed by atoms with Crippen molar-refractivity contribution < 1.29 is 13.9 Å². The summed E-state index contributed by atoms with van der Waals surface area (Å²) in [5.74, 6) is 0.462. The molecule has 0 aliphatic carbocycles. The van der Waals surface area contributed by atoms with Gasteiger partial charge in [0.1, 0.15) is 22.9 Å². The van der Waals surface area contributed by atoms with Crippen molar-refractivity contribution in [2.45, 2.75) is 33.1 Å². The number of para-hydroxylation sites is 1. The molecule has 0 saturated heterocycles. The fourth-order valence-electron chi connectivity index (χ4n) is 3.19. The van der Waals surface area contributed by atoms with Gasteiger partial charge in [-0.3, -0.25) is 4.79 Å². The number of hydrogen-bond donors (Lipinski definition) is 1. The van der Waals surface area contributed by atoms with E-state index in [4.69, 9.17) is 4.74 Å². The number of unbranched alkanes of at least 4 members (excludes halogenated alkanes) is 2. The Morgan fingerprint density at radius 2 is 2.03 bits per heavy atom. The minimum atomic E-state index is -0.384. The Morgan fingerprint density at radius 3 is 2.84 bits per heavy atom. The molecule has 0 bridgehead atoms. The molecule has 0 atom stereocenters. The molecule has 0 radical (unpaired) electrons. The molecule has 4 rings (SSSR count). The van der Waals surface area contributed by atoms with E-state index in [1.165, 1.54) is 22.1 Å². The molecule has 1 amide bonds. The number of nitrogens with one attached hydrogen (secondary N) is 1. The van der Waals surface area contributed by atoms with Crippen LogP contribution in [-0.2, 0) is 0 Å². The van der Waals surface area contributed by atoms with Gasteiger partial charge in [0.25, 0.3) is 5.91 Å². The molecule has 2 aromatic heterocycles. The Hall–Kier alpha value is -3.26. The lowest BCUT2D eigenvalue weighted by Crippen LogP contribution is -2.15. The number of carbonyl (C=O) groups is 1. The molecular formula is C23H23FN4O2S. The summed E-state index contributed by atoms with van der Waals surface area (Å²) in [4.78, 5) is 17.2. The molecule has 2 heterocycles. The minimum Gasteiger partial charge on any atom is -0.494 e. The predicted molar refractivity (Wildman–Crippen MR) is 121 cm³/mol. The standard InChI is InChI=1S/C23H23FN4O2S/c1-3-4-5-12-30-17-9-6-8-16(14-17)22(29)25-20-13-15(2)27-28(20)23-26-21-18(24)10-7-11-19(21)31-23/h6-11,13-14H,3-5,12H2,1-2H3,(H,25,29). The summed E-state index contributed by atoms with van der Waals surface area (Å²) < 4.78 is 22.1. The van der Waals surface area contributed by atoms with Crippen molar-refractivity contribution in [2.75, 3.05) is 11.9 Å². The summed E-state index contributed by atoms with van der Waals surface area (Å²) in [5.41, 5.74) is 1.48. The van der Waals surface area contributed by atoms with Gasteiger partial charge in [-0.2, -0.15) is 9.78 Å². The molecule has 0 spiro atoms. The Morgan fingerprint density at radius 1 is 1.19 bits per heavy atom. The predicted octanol–water partition coefficient (Wildman–Crippen LogP) is 5.75. The lowest BCUT2D eigenvalue weighted by atomic mass is 10.2. The Kier molecular flexibility index (Phi) is 6.27.